The number of rotatable bonds is 3. The maximum atomic E-state index is 5.33. The lowest BCUT2D eigenvalue weighted by molar-refractivity contribution is 0.0718. The standard InChI is InChI=1S/C10H21N3O/c1-7-14-8-2-10(1)12-9-13-5-3-11-4-6-13/h10-12H,1-9H2. The third-order valence-electron chi connectivity index (χ3n) is 3.03. The van der Waals surface area contributed by atoms with Crippen LogP contribution in [-0.4, -0.2) is 57.0 Å². The van der Waals surface area contributed by atoms with E-state index in [9.17, 15) is 0 Å². The molecule has 0 unspecified atom stereocenters. The molecule has 0 saturated carbocycles. The van der Waals surface area contributed by atoms with Gasteiger partial charge in [-0.05, 0) is 12.8 Å². The van der Waals surface area contributed by atoms with Crippen LogP contribution in [0.4, 0.5) is 0 Å². The first-order chi connectivity index (χ1) is 6.95. The molecule has 0 aromatic carbocycles. The molecular formula is C10H21N3O. The zero-order chi connectivity index (χ0) is 9.64. The Morgan fingerprint density at radius 1 is 1.21 bits per heavy atom. The number of ether oxygens (including phenoxy) is 1. The number of nitrogens with one attached hydrogen (secondary N) is 2. The van der Waals surface area contributed by atoms with Gasteiger partial charge in [0.15, 0.2) is 0 Å². The second kappa shape index (κ2) is 5.66. The van der Waals surface area contributed by atoms with E-state index in [0.29, 0.717) is 6.04 Å². The van der Waals surface area contributed by atoms with E-state index in [1.54, 1.807) is 0 Å². The Bertz CT molecular complexity index is 135. The Balaban J connectivity index is 1.60. The van der Waals surface area contributed by atoms with Gasteiger partial charge in [-0.3, -0.25) is 4.90 Å². The highest BCUT2D eigenvalue weighted by atomic mass is 16.5. The predicted octanol–water partition coefficient (Wildman–Crippen LogP) is -0.382. The third-order valence-corrected chi connectivity index (χ3v) is 3.03. The van der Waals surface area contributed by atoms with Gasteiger partial charge in [-0.2, -0.15) is 0 Å². The topological polar surface area (TPSA) is 36.5 Å². The lowest BCUT2D eigenvalue weighted by atomic mass is 10.1. The Morgan fingerprint density at radius 3 is 2.64 bits per heavy atom. The molecule has 0 radical (unpaired) electrons. The summed E-state index contributed by atoms with van der Waals surface area (Å²) in [5.41, 5.74) is 0. The average Bonchev–Trinajstić information content (AvgIpc) is 2.29. The summed E-state index contributed by atoms with van der Waals surface area (Å²) in [6, 6.07) is 0.679. The molecule has 2 saturated heterocycles. The summed E-state index contributed by atoms with van der Waals surface area (Å²) in [6.45, 7) is 7.53. The molecule has 0 spiro atoms. The fraction of sp³-hybridized carbons (Fsp3) is 1.00. The number of nitrogens with zero attached hydrogens (tertiary/aromatic N) is 1. The first-order valence-corrected chi connectivity index (χ1v) is 5.69. The van der Waals surface area contributed by atoms with E-state index < -0.39 is 0 Å². The van der Waals surface area contributed by atoms with Gasteiger partial charge in [0.1, 0.15) is 0 Å². The quantitative estimate of drug-likeness (QED) is 0.649. The fourth-order valence-electron chi connectivity index (χ4n) is 2.03. The molecule has 4 heteroatoms. The lowest BCUT2D eigenvalue weighted by Crippen LogP contribution is -2.49. The smallest absolute Gasteiger partial charge is 0.0483 e. The van der Waals surface area contributed by atoms with E-state index in [2.05, 4.69) is 15.5 Å². The summed E-state index contributed by atoms with van der Waals surface area (Å²) in [5, 5.41) is 6.97. The van der Waals surface area contributed by atoms with Crippen molar-refractivity contribution in [3.63, 3.8) is 0 Å². The SMILES string of the molecule is C1CN(CNC2CCOCC2)CCN1. The van der Waals surface area contributed by atoms with Crippen LogP contribution in [-0.2, 0) is 4.74 Å². The molecule has 4 nitrogen and oxygen atoms in total. The maximum Gasteiger partial charge on any atom is 0.0483 e. The highest BCUT2D eigenvalue weighted by molar-refractivity contribution is 4.72. The minimum atomic E-state index is 0.679. The van der Waals surface area contributed by atoms with Crippen molar-refractivity contribution >= 4 is 0 Å². The van der Waals surface area contributed by atoms with Crippen LogP contribution in [0.2, 0.25) is 0 Å². The van der Waals surface area contributed by atoms with Crippen LogP contribution in [0.3, 0.4) is 0 Å². The average molecular weight is 199 g/mol. The Labute approximate surface area is 86.0 Å². The van der Waals surface area contributed by atoms with Crippen molar-refractivity contribution in [1.82, 2.24) is 15.5 Å². The molecule has 82 valence electrons. The molecule has 0 aromatic rings. The molecule has 0 amide bonds. The van der Waals surface area contributed by atoms with Crippen LogP contribution in [0, 0.1) is 0 Å². The minimum absolute atomic E-state index is 0.679. The van der Waals surface area contributed by atoms with Crippen LogP contribution < -0.4 is 10.6 Å². The summed E-state index contributed by atoms with van der Waals surface area (Å²) in [5.74, 6) is 0. The van der Waals surface area contributed by atoms with E-state index in [1.807, 2.05) is 0 Å². The molecule has 2 rings (SSSR count). The van der Waals surface area contributed by atoms with Crippen LogP contribution in [0.1, 0.15) is 12.8 Å². The Hall–Kier alpha value is -0.160. The second-order valence-electron chi connectivity index (χ2n) is 4.12. The normalized spacial score (nSPS) is 26.6. The van der Waals surface area contributed by atoms with Crippen molar-refractivity contribution in [3.8, 4) is 0 Å². The Kier molecular flexibility index (Phi) is 4.19. The second-order valence-corrected chi connectivity index (χ2v) is 4.12. The molecule has 14 heavy (non-hydrogen) atoms. The van der Waals surface area contributed by atoms with Crippen molar-refractivity contribution < 1.29 is 4.74 Å². The zero-order valence-corrected chi connectivity index (χ0v) is 8.80. The first kappa shape index (κ1) is 10.4. The molecule has 0 atom stereocenters. The van der Waals surface area contributed by atoms with Gasteiger partial charge in [0, 0.05) is 52.1 Å². The van der Waals surface area contributed by atoms with Crippen LogP contribution in [0.15, 0.2) is 0 Å². The summed E-state index contributed by atoms with van der Waals surface area (Å²) in [7, 11) is 0. The van der Waals surface area contributed by atoms with Crippen molar-refractivity contribution in [3.05, 3.63) is 0 Å². The van der Waals surface area contributed by atoms with Crippen molar-refractivity contribution in [2.24, 2.45) is 0 Å². The van der Waals surface area contributed by atoms with Gasteiger partial charge >= 0.3 is 0 Å². The molecule has 2 N–H and O–H groups in total. The largest absolute Gasteiger partial charge is 0.381 e. The molecule has 0 bridgehead atoms. The fourth-order valence-corrected chi connectivity index (χ4v) is 2.03. The van der Waals surface area contributed by atoms with Gasteiger partial charge in [0.2, 0.25) is 0 Å². The highest BCUT2D eigenvalue weighted by Crippen LogP contribution is 2.05. The zero-order valence-electron chi connectivity index (χ0n) is 8.80. The third kappa shape index (κ3) is 3.20. The maximum absolute atomic E-state index is 5.33. The molecule has 0 aliphatic carbocycles. The summed E-state index contributed by atoms with van der Waals surface area (Å²) >= 11 is 0. The monoisotopic (exact) mass is 199 g/mol. The summed E-state index contributed by atoms with van der Waals surface area (Å²) in [4.78, 5) is 2.48. The van der Waals surface area contributed by atoms with E-state index >= 15 is 0 Å². The van der Waals surface area contributed by atoms with Crippen molar-refractivity contribution in [2.45, 2.75) is 18.9 Å². The van der Waals surface area contributed by atoms with Crippen LogP contribution in [0.25, 0.3) is 0 Å². The lowest BCUT2D eigenvalue weighted by Gasteiger charge is -2.30. The van der Waals surface area contributed by atoms with Gasteiger partial charge in [-0.25, -0.2) is 0 Å². The van der Waals surface area contributed by atoms with Crippen LogP contribution >= 0.6 is 0 Å². The van der Waals surface area contributed by atoms with E-state index in [4.69, 9.17) is 4.74 Å². The molecular weight excluding hydrogens is 178 g/mol. The van der Waals surface area contributed by atoms with Gasteiger partial charge in [0.25, 0.3) is 0 Å². The van der Waals surface area contributed by atoms with Gasteiger partial charge in [0.05, 0.1) is 0 Å². The number of piperazine rings is 1. The first-order valence-electron chi connectivity index (χ1n) is 5.69. The van der Waals surface area contributed by atoms with Crippen LogP contribution in [0.5, 0.6) is 0 Å². The van der Waals surface area contributed by atoms with Crippen molar-refractivity contribution in [1.29, 1.82) is 0 Å². The van der Waals surface area contributed by atoms with Gasteiger partial charge < -0.3 is 15.4 Å². The summed E-state index contributed by atoms with van der Waals surface area (Å²) in [6.07, 6.45) is 2.35. The number of hydrogen-bond donors (Lipinski definition) is 2. The molecule has 2 aliphatic rings. The van der Waals surface area contributed by atoms with E-state index in [1.165, 1.54) is 25.9 Å². The summed E-state index contributed by atoms with van der Waals surface area (Å²) < 4.78 is 5.33. The number of hydrogen-bond acceptors (Lipinski definition) is 4. The predicted molar refractivity (Wildman–Crippen MR) is 56.3 cm³/mol. The minimum Gasteiger partial charge on any atom is -0.381 e. The van der Waals surface area contributed by atoms with E-state index in [0.717, 1.165) is 33.0 Å². The highest BCUT2D eigenvalue weighted by Gasteiger charge is 2.15. The molecule has 0 aromatic heterocycles. The van der Waals surface area contributed by atoms with Gasteiger partial charge in [-0.1, -0.05) is 0 Å². The van der Waals surface area contributed by atoms with Gasteiger partial charge in [-0.15, -0.1) is 0 Å². The molecule has 2 aliphatic heterocycles. The van der Waals surface area contributed by atoms with Crippen molar-refractivity contribution in [2.75, 3.05) is 46.1 Å². The Morgan fingerprint density at radius 2 is 1.93 bits per heavy atom. The molecule has 2 fully saturated rings. The van der Waals surface area contributed by atoms with E-state index in [-0.39, 0.29) is 0 Å². The molecule has 2 heterocycles.